The molecule has 0 aliphatic rings. The molecule has 1 unspecified atom stereocenters. The minimum Gasteiger partial charge on any atom is -0.489 e. The van der Waals surface area contributed by atoms with E-state index in [0.717, 1.165) is 22.3 Å². The lowest BCUT2D eigenvalue weighted by Gasteiger charge is -2.15. The molecule has 0 saturated carbocycles. The number of benzene rings is 1. The van der Waals surface area contributed by atoms with Gasteiger partial charge in [0.2, 0.25) is 0 Å². The summed E-state index contributed by atoms with van der Waals surface area (Å²) < 4.78 is 11.5. The highest BCUT2D eigenvalue weighted by Crippen LogP contribution is 2.29. The highest BCUT2D eigenvalue weighted by atomic mass is 79.9. The van der Waals surface area contributed by atoms with E-state index in [1.165, 1.54) is 0 Å². The second kappa shape index (κ2) is 8.48. The number of para-hydroxylation sites is 1. The molecule has 1 atom stereocenters. The molecule has 0 aromatic heterocycles. The van der Waals surface area contributed by atoms with Gasteiger partial charge in [0.25, 0.3) is 0 Å². The molecule has 0 saturated heterocycles. The quantitative estimate of drug-likeness (QED) is 0.719. The third-order valence-electron chi connectivity index (χ3n) is 2.32. The first-order chi connectivity index (χ1) is 8.65. The molecule has 4 nitrogen and oxygen atoms in total. The Morgan fingerprint density at radius 3 is 2.89 bits per heavy atom. The van der Waals surface area contributed by atoms with E-state index in [0.29, 0.717) is 13.2 Å². The first-order valence-electron chi connectivity index (χ1n) is 5.93. The fraction of sp³-hybridized carbons (Fsp3) is 0.538. The molecule has 0 aliphatic heterocycles. The molecule has 5 heteroatoms. The van der Waals surface area contributed by atoms with Gasteiger partial charge in [-0.2, -0.15) is 0 Å². The van der Waals surface area contributed by atoms with Crippen LogP contribution in [0.25, 0.3) is 0 Å². The van der Waals surface area contributed by atoms with E-state index >= 15 is 0 Å². The van der Waals surface area contributed by atoms with Crippen LogP contribution in [-0.2, 0) is 11.3 Å². The molecule has 0 bridgehead atoms. The van der Waals surface area contributed by atoms with Crippen LogP contribution in [0.5, 0.6) is 5.75 Å². The first kappa shape index (κ1) is 15.4. The smallest absolute Gasteiger partial charge is 0.138 e. The fourth-order valence-electron chi connectivity index (χ4n) is 1.46. The van der Waals surface area contributed by atoms with E-state index in [1.807, 2.05) is 18.2 Å². The van der Waals surface area contributed by atoms with Gasteiger partial charge in [0.15, 0.2) is 0 Å². The third kappa shape index (κ3) is 5.35. The van der Waals surface area contributed by atoms with E-state index in [2.05, 4.69) is 21.2 Å². The summed E-state index contributed by atoms with van der Waals surface area (Å²) in [6.07, 6.45) is -0.480. The van der Waals surface area contributed by atoms with E-state index in [-0.39, 0.29) is 6.61 Å². The summed E-state index contributed by atoms with van der Waals surface area (Å²) in [6.45, 7) is 4.16. The summed E-state index contributed by atoms with van der Waals surface area (Å²) in [5.41, 5.74) is 1.06. The Morgan fingerprint density at radius 2 is 2.22 bits per heavy atom. The summed E-state index contributed by atoms with van der Waals surface area (Å²) >= 11 is 3.46. The van der Waals surface area contributed by atoms with E-state index in [4.69, 9.17) is 9.47 Å². The van der Waals surface area contributed by atoms with Crippen molar-refractivity contribution in [2.45, 2.75) is 19.6 Å². The zero-order valence-electron chi connectivity index (χ0n) is 10.8. The second-order valence-corrected chi connectivity index (χ2v) is 4.91. The molecule has 2 N–H and O–H groups in total. The molecule has 1 aromatic carbocycles. The second-order valence-electron chi connectivity index (χ2n) is 4.06. The molecule has 0 amide bonds. The van der Waals surface area contributed by atoms with Crippen LogP contribution >= 0.6 is 15.9 Å². The Labute approximate surface area is 116 Å². The van der Waals surface area contributed by atoms with E-state index in [1.54, 1.807) is 14.0 Å². The maximum absolute atomic E-state index is 9.27. The number of hydrogen-bond donors (Lipinski definition) is 2. The highest BCUT2D eigenvalue weighted by Gasteiger charge is 2.09. The Hall–Kier alpha value is -0.620. The Balaban J connectivity index is 2.61. The molecule has 0 radical (unpaired) electrons. The van der Waals surface area contributed by atoms with Crippen LogP contribution < -0.4 is 10.1 Å². The van der Waals surface area contributed by atoms with Crippen LogP contribution in [0.2, 0.25) is 0 Å². The number of aliphatic hydroxyl groups excluding tert-OH is 1. The fourth-order valence-corrected chi connectivity index (χ4v) is 1.98. The van der Waals surface area contributed by atoms with Gasteiger partial charge in [-0.3, -0.25) is 0 Å². The molecule has 0 heterocycles. The molecule has 1 rings (SSSR count). The standard InChI is InChI=1S/C13H20BrNO3/c1-10(16)9-18-13-11(4-3-5-12(13)14)8-15-6-7-17-2/h3-5,10,15-16H,6-9H2,1-2H3. The van der Waals surface area contributed by atoms with Gasteiger partial charge in [-0.1, -0.05) is 12.1 Å². The number of rotatable bonds is 8. The zero-order valence-corrected chi connectivity index (χ0v) is 12.4. The van der Waals surface area contributed by atoms with Crippen molar-refractivity contribution in [3.05, 3.63) is 28.2 Å². The monoisotopic (exact) mass is 317 g/mol. The lowest BCUT2D eigenvalue weighted by molar-refractivity contribution is 0.121. The van der Waals surface area contributed by atoms with Gasteiger partial charge >= 0.3 is 0 Å². The van der Waals surface area contributed by atoms with Gasteiger partial charge in [0, 0.05) is 25.8 Å². The molecule has 0 fully saturated rings. The number of ether oxygens (including phenoxy) is 2. The lowest BCUT2D eigenvalue weighted by atomic mass is 10.2. The minimum absolute atomic E-state index is 0.285. The summed E-state index contributed by atoms with van der Waals surface area (Å²) in [5.74, 6) is 0.781. The normalized spacial score (nSPS) is 12.4. The van der Waals surface area contributed by atoms with Crippen molar-refractivity contribution in [2.75, 3.05) is 26.9 Å². The van der Waals surface area contributed by atoms with Crippen molar-refractivity contribution in [3.8, 4) is 5.75 Å². The zero-order chi connectivity index (χ0) is 13.4. The number of halogens is 1. The summed E-state index contributed by atoms with van der Waals surface area (Å²) in [6, 6.07) is 5.89. The minimum atomic E-state index is -0.480. The lowest BCUT2D eigenvalue weighted by Crippen LogP contribution is -2.20. The van der Waals surface area contributed by atoms with E-state index < -0.39 is 6.10 Å². The predicted molar refractivity (Wildman–Crippen MR) is 74.9 cm³/mol. The van der Waals surface area contributed by atoms with Crippen molar-refractivity contribution < 1.29 is 14.6 Å². The number of hydrogen-bond acceptors (Lipinski definition) is 4. The number of aliphatic hydroxyl groups is 1. The average Bonchev–Trinajstić information content (AvgIpc) is 2.33. The average molecular weight is 318 g/mol. The van der Waals surface area contributed by atoms with Gasteiger partial charge in [0.1, 0.15) is 12.4 Å². The topological polar surface area (TPSA) is 50.7 Å². The summed E-state index contributed by atoms with van der Waals surface area (Å²) in [5, 5.41) is 12.5. The molecule has 0 spiro atoms. The first-order valence-corrected chi connectivity index (χ1v) is 6.72. The van der Waals surface area contributed by atoms with Crippen LogP contribution in [-0.4, -0.2) is 38.1 Å². The number of methoxy groups -OCH3 is 1. The van der Waals surface area contributed by atoms with Gasteiger partial charge < -0.3 is 19.9 Å². The predicted octanol–water partition coefficient (Wildman–Crippen LogP) is 1.94. The number of nitrogens with one attached hydrogen (secondary N) is 1. The Morgan fingerprint density at radius 1 is 1.44 bits per heavy atom. The Bertz CT molecular complexity index is 358. The third-order valence-corrected chi connectivity index (χ3v) is 2.94. The maximum Gasteiger partial charge on any atom is 0.138 e. The van der Waals surface area contributed by atoms with Crippen LogP contribution in [0.1, 0.15) is 12.5 Å². The van der Waals surface area contributed by atoms with Gasteiger partial charge in [0.05, 0.1) is 17.2 Å². The van der Waals surface area contributed by atoms with Crippen molar-refractivity contribution in [2.24, 2.45) is 0 Å². The van der Waals surface area contributed by atoms with Crippen molar-refractivity contribution in [1.29, 1.82) is 0 Å². The van der Waals surface area contributed by atoms with Gasteiger partial charge in [-0.15, -0.1) is 0 Å². The SMILES string of the molecule is COCCNCc1cccc(Br)c1OCC(C)O. The van der Waals surface area contributed by atoms with E-state index in [9.17, 15) is 5.11 Å². The molecular formula is C13H20BrNO3. The van der Waals surface area contributed by atoms with Crippen molar-refractivity contribution in [3.63, 3.8) is 0 Å². The molecule has 1 aromatic rings. The summed E-state index contributed by atoms with van der Waals surface area (Å²) in [7, 11) is 1.68. The van der Waals surface area contributed by atoms with Crippen molar-refractivity contribution >= 4 is 15.9 Å². The maximum atomic E-state index is 9.27. The largest absolute Gasteiger partial charge is 0.489 e. The van der Waals surface area contributed by atoms with Crippen LogP contribution in [0.15, 0.2) is 22.7 Å². The Kier molecular flexibility index (Phi) is 7.27. The van der Waals surface area contributed by atoms with Crippen LogP contribution in [0, 0.1) is 0 Å². The molecule has 102 valence electrons. The molecular weight excluding hydrogens is 298 g/mol. The summed E-state index contributed by atoms with van der Waals surface area (Å²) in [4.78, 5) is 0. The van der Waals surface area contributed by atoms with Crippen molar-refractivity contribution in [1.82, 2.24) is 5.32 Å². The van der Waals surface area contributed by atoms with Gasteiger partial charge in [-0.25, -0.2) is 0 Å². The molecule has 18 heavy (non-hydrogen) atoms. The van der Waals surface area contributed by atoms with Crippen LogP contribution in [0.4, 0.5) is 0 Å². The highest BCUT2D eigenvalue weighted by molar-refractivity contribution is 9.10. The van der Waals surface area contributed by atoms with Crippen LogP contribution in [0.3, 0.4) is 0 Å². The van der Waals surface area contributed by atoms with Gasteiger partial charge in [-0.05, 0) is 28.9 Å². The molecule has 0 aliphatic carbocycles.